The zero-order chi connectivity index (χ0) is 16.4. The van der Waals surface area contributed by atoms with Crippen molar-refractivity contribution < 1.29 is 22.7 Å². The number of amides is 1. The Labute approximate surface area is 131 Å². The molecule has 1 amide bonds. The van der Waals surface area contributed by atoms with Gasteiger partial charge in [0, 0.05) is 36.7 Å². The molecular weight excluding hydrogens is 309 g/mol. The highest BCUT2D eigenvalue weighted by atomic mass is 19.4. The standard InChI is InChI=1S/C16H15F3N2O2/c17-16(18,19)11-23-14-9-21(10-14)15(22)12-3-5-13(6-4-12)20-7-1-2-8-20/h1-8,14H,9-11H2. The van der Waals surface area contributed by atoms with Crippen LogP contribution in [0.2, 0.25) is 0 Å². The van der Waals surface area contributed by atoms with E-state index in [2.05, 4.69) is 0 Å². The maximum absolute atomic E-state index is 12.2. The molecule has 0 bridgehead atoms. The molecule has 0 radical (unpaired) electrons. The first kappa shape index (κ1) is 15.6. The van der Waals surface area contributed by atoms with E-state index in [4.69, 9.17) is 4.74 Å². The maximum atomic E-state index is 12.2. The van der Waals surface area contributed by atoms with Crippen LogP contribution in [0.15, 0.2) is 48.8 Å². The molecule has 0 spiro atoms. The SMILES string of the molecule is O=C(c1ccc(-n2cccc2)cc1)N1CC(OCC(F)(F)F)C1. The van der Waals surface area contributed by atoms with E-state index in [1.807, 2.05) is 41.2 Å². The molecule has 0 N–H and O–H groups in total. The smallest absolute Gasteiger partial charge is 0.365 e. The Morgan fingerprint density at radius 1 is 1.13 bits per heavy atom. The molecule has 0 atom stereocenters. The quantitative estimate of drug-likeness (QED) is 0.867. The van der Waals surface area contributed by atoms with Crippen LogP contribution in [0.5, 0.6) is 0 Å². The Kier molecular flexibility index (Phi) is 4.12. The monoisotopic (exact) mass is 324 g/mol. The predicted molar refractivity (Wildman–Crippen MR) is 77.5 cm³/mol. The van der Waals surface area contributed by atoms with Crippen LogP contribution in [-0.4, -0.2) is 47.4 Å². The minimum Gasteiger partial charge on any atom is -0.365 e. The third-order valence-corrected chi connectivity index (χ3v) is 3.63. The van der Waals surface area contributed by atoms with Gasteiger partial charge in [0.1, 0.15) is 6.61 Å². The summed E-state index contributed by atoms with van der Waals surface area (Å²) < 4.78 is 42.8. The summed E-state index contributed by atoms with van der Waals surface area (Å²) in [6, 6.07) is 10.9. The van der Waals surface area contributed by atoms with Crippen LogP contribution in [0.25, 0.3) is 5.69 Å². The normalized spacial score (nSPS) is 15.5. The van der Waals surface area contributed by atoms with Crippen LogP contribution in [0, 0.1) is 0 Å². The van der Waals surface area contributed by atoms with Gasteiger partial charge in [-0.25, -0.2) is 0 Å². The van der Waals surface area contributed by atoms with Crippen molar-refractivity contribution in [2.24, 2.45) is 0 Å². The molecule has 1 saturated heterocycles. The van der Waals surface area contributed by atoms with Crippen LogP contribution in [0.1, 0.15) is 10.4 Å². The summed E-state index contributed by atoms with van der Waals surface area (Å²) >= 11 is 0. The number of nitrogens with zero attached hydrogens (tertiary/aromatic N) is 2. The molecule has 23 heavy (non-hydrogen) atoms. The molecule has 1 aliphatic rings. The summed E-state index contributed by atoms with van der Waals surface area (Å²) in [5.74, 6) is -0.198. The lowest BCUT2D eigenvalue weighted by Gasteiger charge is -2.39. The number of benzene rings is 1. The molecule has 1 aliphatic heterocycles. The van der Waals surface area contributed by atoms with Crippen LogP contribution < -0.4 is 0 Å². The fourth-order valence-corrected chi connectivity index (χ4v) is 2.39. The van der Waals surface area contributed by atoms with E-state index in [1.165, 1.54) is 4.90 Å². The van der Waals surface area contributed by atoms with Gasteiger partial charge in [0.2, 0.25) is 0 Å². The number of ether oxygens (including phenoxy) is 1. The first-order valence-electron chi connectivity index (χ1n) is 7.13. The summed E-state index contributed by atoms with van der Waals surface area (Å²) in [7, 11) is 0. The Balaban J connectivity index is 1.54. The Bertz CT molecular complexity index is 660. The highest BCUT2D eigenvalue weighted by molar-refractivity contribution is 5.95. The number of hydrogen-bond acceptors (Lipinski definition) is 2. The van der Waals surface area contributed by atoms with E-state index < -0.39 is 18.9 Å². The molecule has 1 aromatic carbocycles. The van der Waals surface area contributed by atoms with Crippen molar-refractivity contribution in [1.82, 2.24) is 9.47 Å². The van der Waals surface area contributed by atoms with Gasteiger partial charge < -0.3 is 14.2 Å². The number of carbonyl (C=O) groups is 1. The van der Waals surface area contributed by atoms with E-state index in [0.29, 0.717) is 5.56 Å². The summed E-state index contributed by atoms with van der Waals surface area (Å²) in [4.78, 5) is 13.7. The van der Waals surface area contributed by atoms with Gasteiger partial charge in [0.15, 0.2) is 0 Å². The summed E-state index contributed by atoms with van der Waals surface area (Å²) in [5.41, 5.74) is 1.44. The number of carbonyl (C=O) groups excluding carboxylic acids is 1. The lowest BCUT2D eigenvalue weighted by atomic mass is 10.1. The highest BCUT2D eigenvalue weighted by Gasteiger charge is 2.36. The van der Waals surface area contributed by atoms with E-state index >= 15 is 0 Å². The Morgan fingerprint density at radius 2 is 1.74 bits per heavy atom. The number of alkyl halides is 3. The lowest BCUT2D eigenvalue weighted by Crippen LogP contribution is -2.55. The fourth-order valence-electron chi connectivity index (χ4n) is 2.39. The van der Waals surface area contributed by atoms with E-state index in [1.54, 1.807) is 12.1 Å². The van der Waals surface area contributed by atoms with Crippen molar-refractivity contribution in [3.8, 4) is 5.69 Å². The van der Waals surface area contributed by atoms with Crippen LogP contribution in [-0.2, 0) is 4.74 Å². The zero-order valence-electron chi connectivity index (χ0n) is 12.2. The van der Waals surface area contributed by atoms with Crippen molar-refractivity contribution in [1.29, 1.82) is 0 Å². The summed E-state index contributed by atoms with van der Waals surface area (Å²) in [5, 5.41) is 0. The number of aromatic nitrogens is 1. The van der Waals surface area contributed by atoms with Gasteiger partial charge in [-0.15, -0.1) is 0 Å². The Morgan fingerprint density at radius 3 is 2.30 bits per heavy atom. The van der Waals surface area contributed by atoms with Gasteiger partial charge in [-0.3, -0.25) is 4.79 Å². The third-order valence-electron chi connectivity index (χ3n) is 3.63. The van der Waals surface area contributed by atoms with Crippen molar-refractivity contribution in [2.45, 2.75) is 12.3 Å². The molecule has 0 unspecified atom stereocenters. The van der Waals surface area contributed by atoms with E-state index in [9.17, 15) is 18.0 Å². The van der Waals surface area contributed by atoms with Crippen LogP contribution >= 0.6 is 0 Å². The second-order valence-electron chi connectivity index (χ2n) is 5.40. The number of rotatable bonds is 4. The minimum atomic E-state index is -4.33. The first-order chi connectivity index (χ1) is 10.9. The molecule has 1 aromatic heterocycles. The van der Waals surface area contributed by atoms with E-state index in [0.717, 1.165) is 5.69 Å². The largest absolute Gasteiger partial charge is 0.411 e. The van der Waals surface area contributed by atoms with Crippen molar-refractivity contribution >= 4 is 5.91 Å². The number of hydrogen-bond donors (Lipinski definition) is 0. The van der Waals surface area contributed by atoms with Crippen molar-refractivity contribution in [3.63, 3.8) is 0 Å². The molecule has 7 heteroatoms. The number of halogens is 3. The van der Waals surface area contributed by atoms with Crippen molar-refractivity contribution in [2.75, 3.05) is 19.7 Å². The van der Waals surface area contributed by atoms with Gasteiger partial charge in [-0.1, -0.05) is 0 Å². The minimum absolute atomic E-state index is 0.189. The molecule has 3 rings (SSSR count). The Hall–Kier alpha value is -2.28. The lowest BCUT2D eigenvalue weighted by molar-refractivity contribution is -0.196. The second kappa shape index (κ2) is 6.08. The molecule has 122 valence electrons. The zero-order valence-corrected chi connectivity index (χ0v) is 12.2. The molecular formula is C16H15F3N2O2. The molecule has 2 aromatic rings. The third kappa shape index (κ3) is 3.73. The molecule has 0 saturated carbocycles. The number of likely N-dealkylation sites (tertiary alicyclic amines) is 1. The molecule has 2 heterocycles. The summed E-state index contributed by atoms with van der Waals surface area (Å²) in [6.45, 7) is -0.895. The molecule has 1 fully saturated rings. The van der Waals surface area contributed by atoms with Gasteiger partial charge in [-0.05, 0) is 36.4 Å². The maximum Gasteiger partial charge on any atom is 0.411 e. The van der Waals surface area contributed by atoms with Gasteiger partial charge in [0.05, 0.1) is 6.10 Å². The highest BCUT2D eigenvalue weighted by Crippen LogP contribution is 2.21. The predicted octanol–water partition coefficient (Wildman–Crippen LogP) is 2.88. The van der Waals surface area contributed by atoms with Crippen molar-refractivity contribution in [3.05, 3.63) is 54.4 Å². The topological polar surface area (TPSA) is 34.5 Å². The van der Waals surface area contributed by atoms with Gasteiger partial charge in [0.25, 0.3) is 5.91 Å². The first-order valence-corrected chi connectivity index (χ1v) is 7.13. The molecule has 4 nitrogen and oxygen atoms in total. The average molecular weight is 324 g/mol. The van der Waals surface area contributed by atoms with Gasteiger partial charge >= 0.3 is 6.18 Å². The fraction of sp³-hybridized carbons (Fsp3) is 0.312. The summed E-state index contributed by atoms with van der Waals surface area (Å²) in [6.07, 6.45) is -1.08. The van der Waals surface area contributed by atoms with Crippen LogP contribution in [0.4, 0.5) is 13.2 Å². The van der Waals surface area contributed by atoms with Crippen LogP contribution in [0.3, 0.4) is 0 Å². The van der Waals surface area contributed by atoms with Gasteiger partial charge in [-0.2, -0.15) is 13.2 Å². The average Bonchev–Trinajstić information content (AvgIpc) is 2.98. The van der Waals surface area contributed by atoms with E-state index in [-0.39, 0.29) is 19.0 Å². The molecule has 0 aliphatic carbocycles. The second-order valence-corrected chi connectivity index (χ2v) is 5.40.